The maximum absolute atomic E-state index is 16.0. The fraction of sp³-hybridized carbons (Fsp3) is 0.420. The van der Waals surface area contributed by atoms with Crippen molar-refractivity contribution in [3.63, 3.8) is 0 Å². The molecule has 11 rings (SSSR count). The van der Waals surface area contributed by atoms with Gasteiger partial charge in [-0.1, -0.05) is 12.1 Å². The molecular formula is C50H52F2N10O5S. The van der Waals surface area contributed by atoms with Gasteiger partial charge in [0.1, 0.15) is 17.7 Å². The Kier molecular flexibility index (Phi) is 11.0. The molecule has 0 radical (unpaired) electrons. The first-order valence-corrected chi connectivity index (χ1v) is 24.4. The van der Waals surface area contributed by atoms with E-state index in [2.05, 4.69) is 49.6 Å². The van der Waals surface area contributed by atoms with Crippen molar-refractivity contribution in [3.05, 3.63) is 107 Å². The van der Waals surface area contributed by atoms with E-state index in [9.17, 15) is 24.0 Å². The molecule has 352 valence electrons. The molecule has 0 aliphatic carbocycles. The van der Waals surface area contributed by atoms with Crippen molar-refractivity contribution in [3.8, 4) is 11.1 Å². The van der Waals surface area contributed by atoms with Crippen molar-refractivity contribution in [2.75, 3.05) is 46.6 Å². The lowest BCUT2D eigenvalue weighted by Crippen LogP contribution is -2.73. The molecule has 5 aromatic rings. The van der Waals surface area contributed by atoms with Gasteiger partial charge in [0.25, 0.3) is 11.8 Å². The highest BCUT2D eigenvalue weighted by atomic mass is 32.1. The van der Waals surface area contributed by atoms with Gasteiger partial charge in [0.15, 0.2) is 11.2 Å². The number of anilines is 4. The van der Waals surface area contributed by atoms with E-state index < -0.39 is 35.6 Å². The summed E-state index contributed by atoms with van der Waals surface area (Å²) in [5, 5.41) is 10.4. The quantitative estimate of drug-likeness (QED) is 0.124. The van der Waals surface area contributed by atoms with Gasteiger partial charge in [-0.15, -0.1) is 11.3 Å². The normalized spacial score (nSPS) is 23.2. The Morgan fingerprint density at radius 2 is 1.71 bits per heavy atom. The number of piperidine rings is 2. The number of fused-ring (bicyclic) bond motifs is 2. The average Bonchev–Trinajstić information content (AvgIpc) is 4.10. The molecule has 18 heteroatoms. The number of nitrogens with zero attached hydrogens (tertiary/aromatic N) is 7. The van der Waals surface area contributed by atoms with E-state index >= 15 is 8.78 Å². The van der Waals surface area contributed by atoms with Gasteiger partial charge in [0.2, 0.25) is 17.7 Å². The molecule has 3 aromatic carbocycles. The number of imide groups is 1. The van der Waals surface area contributed by atoms with Gasteiger partial charge in [0.05, 0.1) is 24.3 Å². The van der Waals surface area contributed by atoms with Crippen LogP contribution >= 0.6 is 11.3 Å². The number of rotatable bonds is 11. The molecule has 0 bridgehead atoms. The van der Waals surface area contributed by atoms with E-state index in [0.717, 1.165) is 62.3 Å². The summed E-state index contributed by atoms with van der Waals surface area (Å²) in [7, 11) is 0. The summed E-state index contributed by atoms with van der Waals surface area (Å²) in [5.41, 5.74) is 5.29. The number of likely N-dealkylation sites (tertiary alicyclic amines) is 1. The average molecular weight is 943 g/mol. The Morgan fingerprint density at radius 1 is 0.926 bits per heavy atom. The van der Waals surface area contributed by atoms with Crippen LogP contribution in [0, 0.1) is 23.0 Å². The zero-order valence-corrected chi connectivity index (χ0v) is 38.7. The van der Waals surface area contributed by atoms with Gasteiger partial charge < -0.3 is 29.5 Å². The lowest BCUT2D eigenvalue weighted by molar-refractivity contribution is -0.146. The van der Waals surface area contributed by atoms with Crippen LogP contribution in [0.15, 0.2) is 72.5 Å². The smallest absolute Gasteiger partial charge is 0.255 e. The van der Waals surface area contributed by atoms with Gasteiger partial charge in [0, 0.05) is 103 Å². The Balaban J connectivity index is 0.679. The number of hydrogen-bond donors (Lipinski definition) is 3. The molecule has 0 saturated carbocycles. The van der Waals surface area contributed by atoms with Gasteiger partial charge >= 0.3 is 0 Å². The highest BCUT2D eigenvalue weighted by Crippen LogP contribution is 2.44. The predicted molar refractivity (Wildman–Crippen MR) is 252 cm³/mol. The summed E-state index contributed by atoms with van der Waals surface area (Å²) in [6.07, 6.45) is 7.53. The van der Waals surface area contributed by atoms with Crippen molar-refractivity contribution in [1.29, 1.82) is 0 Å². The number of hydrogen-bond acceptors (Lipinski definition) is 11. The lowest BCUT2D eigenvalue weighted by Gasteiger charge is -2.61. The van der Waals surface area contributed by atoms with E-state index in [0.29, 0.717) is 53.7 Å². The van der Waals surface area contributed by atoms with Crippen LogP contribution in [0.5, 0.6) is 0 Å². The molecule has 1 spiro atoms. The zero-order valence-electron chi connectivity index (χ0n) is 37.8. The summed E-state index contributed by atoms with van der Waals surface area (Å²) in [5.74, 6) is -2.12. The summed E-state index contributed by atoms with van der Waals surface area (Å²) < 4.78 is 33.6. The minimum Gasteiger partial charge on any atom is -0.374 e. The number of thiazole rings is 1. The minimum absolute atomic E-state index is 0.0185. The molecule has 4 atom stereocenters. The summed E-state index contributed by atoms with van der Waals surface area (Å²) in [6, 6.07) is 14.4. The second-order valence-corrected chi connectivity index (χ2v) is 20.5. The van der Waals surface area contributed by atoms with Crippen molar-refractivity contribution in [2.45, 2.75) is 96.1 Å². The van der Waals surface area contributed by atoms with Crippen molar-refractivity contribution in [1.82, 2.24) is 29.7 Å². The Morgan fingerprint density at radius 3 is 2.43 bits per heavy atom. The third-order valence-corrected chi connectivity index (χ3v) is 15.6. The molecule has 4 fully saturated rings. The molecule has 8 heterocycles. The van der Waals surface area contributed by atoms with Crippen LogP contribution < -0.4 is 25.8 Å². The standard InChI is InChI=1S/C50H52F2N10O5S/c1-28-16-30(17-29(2)62(28)40-11-7-33(21-38(40)52)55-39-10-12-42(63)56-46(39)65)18-43(64)60-25-50(26-60)23-59(24-50)34-8-5-31(6-9-34)32-19-35-36(37(51)20-32)22-61(48(35)67)45(47(66)57-49-53-13-15-68-49)44-41-4-3-14-58(41)27-54-44/h5-9,11,13,15,19-21,27-30,39,45,55H,3-4,10,12,14,16-18,22-26H2,1-2H3,(H,53,57,66)(H,56,63,65). The fourth-order valence-corrected chi connectivity index (χ4v) is 12.2. The van der Waals surface area contributed by atoms with Gasteiger partial charge in [-0.2, -0.15) is 0 Å². The Hall–Kier alpha value is -6.69. The number of carbonyl (C=O) groups is 5. The first-order chi connectivity index (χ1) is 32.8. The number of imidazole rings is 1. The van der Waals surface area contributed by atoms with Crippen LogP contribution in [0.25, 0.3) is 11.1 Å². The molecule has 6 aliphatic rings. The minimum atomic E-state index is -1.06. The van der Waals surface area contributed by atoms with E-state index in [-0.39, 0.29) is 65.1 Å². The first kappa shape index (κ1) is 43.9. The zero-order chi connectivity index (χ0) is 47.0. The second-order valence-electron chi connectivity index (χ2n) is 19.6. The predicted octanol–water partition coefficient (Wildman–Crippen LogP) is 6.52. The van der Waals surface area contributed by atoms with Gasteiger partial charge in [-0.05, 0) is 105 Å². The Labute approximate surface area is 395 Å². The molecule has 4 unspecified atom stereocenters. The number of carbonyl (C=O) groups excluding carboxylic acids is 5. The lowest BCUT2D eigenvalue weighted by atomic mass is 9.72. The third-order valence-electron chi connectivity index (χ3n) is 14.9. The summed E-state index contributed by atoms with van der Waals surface area (Å²) in [4.78, 5) is 81.9. The maximum atomic E-state index is 16.0. The van der Waals surface area contributed by atoms with Crippen molar-refractivity contribution < 1.29 is 32.8 Å². The third kappa shape index (κ3) is 7.95. The molecule has 3 N–H and O–H groups in total. The highest BCUT2D eigenvalue weighted by molar-refractivity contribution is 7.13. The topological polar surface area (TPSA) is 165 Å². The molecule has 5 amide bonds. The summed E-state index contributed by atoms with van der Waals surface area (Å²) in [6.45, 7) is 7.95. The Bertz CT molecular complexity index is 2830. The van der Waals surface area contributed by atoms with E-state index in [1.54, 1.807) is 36.1 Å². The number of aromatic nitrogens is 3. The van der Waals surface area contributed by atoms with Crippen molar-refractivity contribution in [2.24, 2.45) is 11.3 Å². The highest BCUT2D eigenvalue weighted by Gasteiger charge is 2.53. The maximum Gasteiger partial charge on any atom is 0.255 e. The van der Waals surface area contributed by atoms with Crippen LogP contribution in [0.1, 0.15) is 85.7 Å². The molecule has 2 aromatic heterocycles. The largest absolute Gasteiger partial charge is 0.374 e. The number of benzene rings is 3. The number of nitrogens with one attached hydrogen (secondary N) is 3. The van der Waals surface area contributed by atoms with Crippen LogP contribution in [-0.4, -0.2) is 98.2 Å². The van der Waals surface area contributed by atoms with Gasteiger partial charge in [-0.25, -0.2) is 18.7 Å². The van der Waals surface area contributed by atoms with Crippen LogP contribution in [0.3, 0.4) is 0 Å². The molecule has 15 nitrogen and oxygen atoms in total. The fourth-order valence-electron chi connectivity index (χ4n) is 11.7. The SMILES string of the molecule is CC1CC(CC(=O)N2CC3(C2)CN(c2ccc(-c4cc(F)c5c(c4)C(=O)N(C(C(=O)Nc4nccs4)c4ncn6c4CCC6)C5)cc2)C3)CC(C)N1c1ccc(NC2CCC(=O)NC2=O)cc1F. The molecule has 68 heavy (non-hydrogen) atoms. The van der Waals surface area contributed by atoms with Gasteiger partial charge in [-0.3, -0.25) is 34.6 Å². The van der Waals surface area contributed by atoms with Crippen molar-refractivity contribution >= 4 is 63.1 Å². The summed E-state index contributed by atoms with van der Waals surface area (Å²) >= 11 is 1.28. The second kappa shape index (κ2) is 17.1. The molecular weight excluding hydrogens is 891 g/mol. The van der Waals surface area contributed by atoms with Crippen LogP contribution in [0.4, 0.5) is 31.0 Å². The monoisotopic (exact) mass is 942 g/mol. The van der Waals surface area contributed by atoms with E-state index in [4.69, 9.17) is 0 Å². The number of halogens is 2. The van der Waals surface area contributed by atoms with Crippen LogP contribution in [0.2, 0.25) is 0 Å². The number of aryl methyl sites for hydroxylation is 1. The molecule has 6 aliphatic heterocycles. The molecule has 4 saturated heterocycles. The first-order valence-electron chi connectivity index (χ1n) is 23.5. The van der Waals surface area contributed by atoms with E-state index in [1.807, 2.05) is 33.7 Å². The van der Waals surface area contributed by atoms with Crippen LogP contribution in [-0.2, 0) is 38.7 Å². The number of amides is 5. The van der Waals surface area contributed by atoms with E-state index in [1.165, 1.54) is 28.4 Å².